The van der Waals surface area contributed by atoms with Crippen molar-refractivity contribution in [3.05, 3.63) is 29.8 Å². The van der Waals surface area contributed by atoms with Crippen LogP contribution in [-0.2, 0) is 4.79 Å². The number of nitrogens with zero attached hydrogens (tertiary/aromatic N) is 1. The summed E-state index contributed by atoms with van der Waals surface area (Å²) in [6, 6.07) is 9.58. The van der Waals surface area contributed by atoms with Crippen LogP contribution in [0.15, 0.2) is 24.3 Å². The number of rotatable bonds is 3. The fraction of sp³-hybridized carbons (Fsp3) is 0.385. The molecule has 0 aliphatic heterocycles. The molecule has 4 heteroatoms. The minimum absolute atomic E-state index is 0.158. The molecule has 1 fully saturated rings. The average Bonchev–Trinajstić information content (AvgIpc) is 2.78. The lowest BCUT2D eigenvalue weighted by molar-refractivity contribution is -0.141. The van der Waals surface area contributed by atoms with Gasteiger partial charge in [-0.2, -0.15) is 5.26 Å². The molecule has 1 saturated carbocycles. The summed E-state index contributed by atoms with van der Waals surface area (Å²) in [5, 5.41) is 21.1. The van der Waals surface area contributed by atoms with Crippen molar-refractivity contribution in [3.8, 4) is 6.07 Å². The lowest BCUT2D eigenvalue weighted by atomic mass is 10.1. The van der Waals surface area contributed by atoms with Gasteiger partial charge in [-0.15, -0.1) is 0 Å². The van der Waals surface area contributed by atoms with Gasteiger partial charge >= 0.3 is 5.97 Å². The number of carboxylic acid groups (broad SMARTS) is 1. The fourth-order valence-electron chi connectivity index (χ4n) is 2.26. The van der Waals surface area contributed by atoms with E-state index >= 15 is 0 Å². The highest BCUT2D eigenvalue weighted by molar-refractivity contribution is 5.70. The van der Waals surface area contributed by atoms with E-state index in [-0.39, 0.29) is 12.0 Å². The van der Waals surface area contributed by atoms with Gasteiger partial charge in [0, 0.05) is 6.04 Å². The Bertz CT molecular complexity index is 465. The molecular formula is C13H14N2O2. The van der Waals surface area contributed by atoms with Gasteiger partial charge < -0.3 is 10.4 Å². The van der Waals surface area contributed by atoms with E-state index in [4.69, 9.17) is 10.4 Å². The predicted octanol–water partition coefficient (Wildman–Crippen LogP) is 2.22. The smallest absolute Gasteiger partial charge is 0.306 e. The lowest BCUT2D eigenvalue weighted by Crippen LogP contribution is -2.18. The normalized spacial score (nSPS) is 23.0. The molecule has 1 aromatic rings. The molecule has 1 aliphatic carbocycles. The largest absolute Gasteiger partial charge is 0.481 e. The van der Waals surface area contributed by atoms with Crippen molar-refractivity contribution in [1.29, 1.82) is 5.26 Å². The second-order valence-electron chi connectivity index (χ2n) is 4.35. The summed E-state index contributed by atoms with van der Waals surface area (Å²) in [6.07, 6.45) is 2.19. The number of benzene rings is 1. The van der Waals surface area contributed by atoms with Crippen molar-refractivity contribution in [1.82, 2.24) is 0 Å². The zero-order valence-corrected chi connectivity index (χ0v) is 9.39. The molecule has 2 N–H and O–H groups in total. The number of aliphatic carboxylic acids is 1. The van der Waals surface area contributed by atoms with Gasteiger partial charge in [0.1, 0.15) is 6.07 Å². The van der Waals surface area contributed by atoms with Crippen LogP contribution in [0.2, 0.25) is 0 Å². The number of anilines is 1. The standard InChI is InChI=1S/C13H14N2O2/c14-8-10-3-1-2-4-12(10)15-11-6-5-9(7-11)13(16)17/h1-4,9,11,15H,5-7H2,(H,16,17)/t9-,11+/m1/s1. The highest BCUT2D eigenvalue weighted by Gasteiger charge is 2.29. The molecule has 17 heavy (non-hydrogen) atoms. The summed E-state index contributed by atoms with van der Waals surface area (Å²) in [4.78, 5) is 10.8. The Morgan fingerprint density at radius 1 is 1.41 bits per heavy atom. The Kier molecular flexibility index (Phi) is 3.29. The molecule has 0 spiro atoms. The molecule has 2 rings (SSSR count). The molecule has 0 amide bonds. The van der Waals surface area contributed by atoms with Crippen LogP contribution >= 0.6 is 0 Å². The highest BCUT2D eigenvalue weighted by atomic mass is 16.4. The second-order valence-corrected chi connectivity index (χ2v) is 4.35. The third-order valence-electron chi connectivity index (χ3n) is 3.19. The molecule has 0 heterocycles. The minimum atomic E-state index is -0.720. The average molecular weight is 230 g/mol. The molecule has 0 aromatic heterocycles. The first-order valence-corrected chi connectivity index (χ1v) is 5.69. The van der Waals surface area contributed by atoms with Gasteiger partial charge in [0.15, 0.2) is 0 Å². The van der Waals surface area contributed by atoms with Crippen LogP contribution in [0.5, 0.6) is 0 Å². The summed E-state index contributed by atoms with van der Waals surface area (Å²) < 4.78 is 0. The molecule has 1 aliphatic rings. The van der Waals surface area contributed by atoms with E-state index in [0.717, 1.165) is 12.1 Å². The molecule has 0 radical (unpaired) electrons. The summed E-state index contributed by atoms with van der Waals surface area (Å²) in [7, 11) is 0. The number of nitriles is 1. The van der Waals surface area contributed by atoms with Gasteiger partial charge in [-0.1, -0.05) is 12.1 Å². The third kappa shape index (κ3) is 2.56. The molecular weight excluding hydrogens is 216 g/mol. The first-order valence-electron chi connectivity index (χ1n) is 5.69. The maximum Gasteiger partial charge on any atom is 0.306 e. The molecule has 0 saturated heterocycles. The van der Waals surface area contributed by atoms with Gasteiger partial charge in [-0.3, -0.25) is 4.79 Å². The summed E-state index contributed by atoms with van der Waals surface area (Å²) >= 11 is 0. The van der Waals surface area contributed by atoms with Crippen LogP contribution in [0.1, 0.15) is 24.8 Å². The summed E-state index contributed by atoms with van der Waals surface area (Å²) in [5.74, 6) is -0.968. The van der Waals surface area contributed by atoms with E-state index in [1.54, 1.807) is 6.07 Å². The maximum absolute atomic E-state index is 10.8. The first kappa shape index (κ1) is 11.5. The second kappa shape index (κ2) is 4.88. The van der Waals surface area contributed by atoms with E-state index in [1.807, 2.05) is 18.2 Å². The molecule has 2 atom stereocenters. The van der Waals surface area contributed by atoms with Gasteiger partial charge in [0.2, 0.25) is 0 Å². The van der Waals surface area contributed by atoms with Crippen LogP contribution < -0.4 is 5.32 Å². The van der Waals surface area contributed by atoms with E-state index in [2.05, 4.69) is 11.4 Å². The number of nitrogens with one attached hydrogen (secondary N) is 1. The molecule has 0 bridgehead atoms. The van der Waals surface area contributed by atoms with Gasteiger partial charge in [-0.25, -0.2) is 0 Å². The van der Waals surface area contributed by atoms with Crippen molar-refractivity contribution < 1.29 is 9.90 Å². The Morgan fingerprint density at radius 3 is 2.82 bits per heavy atom. The zero-order chi connectivity index (χ0) is 12.3. The Morgan fingerprint density at radius 2 is 2.18 bits per heavy atom. The summed E-state index contributed by atoms with van der Waals surface area (Å²) in [6.45, 7) is 0. The topological polar surface area (TPSA) is 73.1 Å². The van der Waals surface area contributed by atoms with Crippen molar-refractivity contribution >= 4 is 11.7 Å². The maximum atomic E-state index is 10.8. The first-order chi connectivity index (χ1) is 8.20. The van der Waals surface area contributed by atoms with Crippen LogP contribution in [0.25, 0.3) is 0 Å². The van der Waals surface area contributed by atoms with E-state index in [9.17, 15) is 4.79 Å². The quantitative estimate of drug-likeness (QED) is 0.835. The van der Waals surface area contributed by atoms with Crippen molar-refractivity contribution in [3.63, 3.8) is 0 Å². The summed E-state index contributed by atoms with van der Waals surface area (Å²) in [5.41, 5.74) is 1.40. The minimum Gasteiger partial charge on any atom is -0.481 e. The Balaban J connectivity index is 2.03. The Hall–Kier alpha value is -2.02. The number of carboxylic acids is 1. The van der Waals surface area contributed by atoms with Gasteiger partial charge in [0.05, 0.1) is 17.2 Å². The third-order valence-corrected chi connectivity index (χ3v) is 3.19. The van der Waals surface area contributed by atoms with Crippen molar-refractivity contribution in [2.75, 3.05) is 5.32 Å². The number of para-hydroxylation sites is 1. The number of hydrogen-bond donors (Lipinski definition) is 2. The zero-order valence-electron chi connectivity index (χ0n) is 9.39. The highest BCUT2D eigenvalue weighted by Crippen LogP contribution is 2.29. The van der Waals surface area contributed by atoms with Crippen molar-refractivity contribution in [2.45, 2.75) is 25.3 Å². The molecule has 4 nitrogen and oxygen atoms in total. The molecule has 88 valence electrons. The van der Waals surface area contributed by atoms with Gasteiger partial charge in [-0.05, 0) is 31.4 Å². The van der Waals surface area contributed by atoms with Crippen LogP contribution in [0.3, 0.4) is 0 Å². The number of hydrogen-bond acceptors (Lipinski definition) is 3. The SMILES string of the molecule is N#Cc1ccccc1N[C@H]1CC[C@@H](C(=O)O)C1. The van der Waals surface area contributed by atoms with E-state index in [1.165, 1.54) is 0 Å². The predicted molar refractivity (Wildman–Crippen MR) is 63.5 cm³/mol. The fourth-order valence-corrected chi connectivity index (χ4v) is 2.26. The number of carbonyl (C=O) groups is 1. The Labute approximate surface area is 99.9 Å². The van der Waals surface area contributed by atoms with E-state index in [0.29, 0.717) is 18.4 Å². The molecule has 1 aromatic carbocycles. The van der Waals surface area contributed by atoms with Crippen LogP contribution in [-0.4, -0.2) is 17.1 Å². The van der Waals surface area contributed by atoms with Crippen LogP contribution in [0, 0.1) is 17.2 Å². The monoisotopic (exact) mass is 230 g/mol. The van der Waals surface area contributed by atoms with Gasteiger partial charge in [0.25, 0.3) is 0 Å². The van der Waals surface area contributed by atoms with E-state index < -0.39 is 5.97 Å². The lowest BCUT2D eigenvalue weighted by Gasteiger charge is -2.14. The van der Waals surface area contributed by atoms with Crippen LogP contribution in [0.4, 0.5) is 5.69 Å². The van der Waals surface area contributed by atoms with Crippen molar-refractivity contribution in [2.24, 2.45) is 5.92 Å². The molecule has 0 unspecified atom stereocenters.